The van der Waals surface area contributed by atoms with Crippen LogP contribution in [0.3, 0.4) is 0 Å². The molecule has 1 aromatic carbocycles. The van der Waals surface area contributed by atoms with E-state index >= 15 is 0 Å². The molecule has 0 bridgehead atoms. The number of benzene rings is 1. The summed E-state index contributed by atoms with van der Waals surface area (Å²) >= 11 is 3.09. The lowest BCUT2D eigenvalue weighted by molar-refractivity contribution is 0.236. The van der Waals surface area contributed by atoms with Crippen LogP contribution in [0.5, 0.6) is 0 Å². The van der Waals surface area contributed by atoms with Crippen molar-refractivity contribution in [1.29, 1.82) is 0 Å². The Hall–Kier alpha value is -0.890. The molecule has 8 heteroatoms. The van der Waals surface area contributed by atoms with Gasteiger partial charge in [0.2, 0.25) is 0 Å². The Morgan fingerprint density at radius 3 is 2.47 bits per heavy atom. The maximum absolute atomic E-state index is 12.0. The van der Waals surface area contributed by atoms with Gasteiger partial charge in [-0.15, -0.1) is 0 Å². The molecule has 0 fully saturated rings. The summed E-state index contributed by atoms with van der Waals surface area (Å²) in [6.07, 6.45) is 0. The van der Waals surface area contributed by atoms with E-state index in [0.717, 1.165) is 0 Å². The fourth-order valence-electron chi connectivity index (χ4n) is 0.816. The van der Waals surface area contributed by atoms with Gasteiger partial charge in [0, 0.05) is 10.2 Å². The molecule has 0 aliphatic heterocycles. The van der Waals surface area contributed by atoms with Crippen LogP contribution < -0.4 is 10.5 Å². The van der Waals surface area contributed by atoms with Crippen LogP contribution >= 0.6 is 15.9 Å². The highest BCUT2D eigenvalue weighted by atomic mass is 79.9. The second-order valence-corrected chi connectivity index (χ2v) is 5.15. The van der Waals surface area contributed by atoms with E-state index < -0.39 is 15.8 Å². The quantitative estimate of drug-likeness (QED) is 0.839. The number of nitrogen functional groups attached to an aromatic ring is 1. The first-order valence-corrected chi connectivity index (χ1v) is 6.01. The molecule has 0 aromatic heterocycles. The zero-order valence-corrected chi connectivity index (χ0v) is 9.65. The summed E-state index contributed by atoms with van der Waals surface area (Å²) < 4.78 is 47.8. The van der Waals surface area contributed by atoms with Crippen LogP contribution in [0.1, 0.15) is 0 Å². The number of hydrogen-bond acceptors (Lipinski definition) is 3. The topological polar surface area (TPSA) is 72.2 Å². The Labute approximate surface area is 93.6 Å². The zero-order valence-electron chi connectivity index (χ0n) is 7.25. The molecule has 3 N–H and O–H groups in total. The summed E-state index contributed by atoms with van der Waals surface area (Å²) in [5, 5.41) is 0. The van der Waals surface area contributed by atoms with E-state index in [9.17, 15) is 17.2 Å². The number of anilines is 2. The predicted octanol–water partition coefficient (Wildman–Crippen LogP) is 2.00. The molecule has 4 nitrogen and oxygen atoms in total. The number of alkyl halides is 2. The highest BCUT2D eigenvalue weighted by molar-refractivity contribution is 9.10. The molecule has 0 aliphatic carbocycles. The first kappa shape index (κ1) is 12.2. The highest BCUT2D eigenvalue weighted by Gasteiger charge is 2.23. The SMILES string of the molecule is Nc1cc(NS(=O)(=O)C(F)F)ccc1Br. The van der Waals surface area contributed by atoms with Crippen molar-refractivity contribution >= 4 is 37.3 Å². The van der Waals surface area contributed by atoms with Crippen molar-refractivity contribution in [2.24, 2.45) is 0 Å². The number of sulfonamides is 1. The van der Waals surface area contributed by atoms with E-state index in [0.29, 0.717) is 4.47 Å². The summed E-state index contributed by atoms with van der Waals surface area (Å²) in [7, 11) is -4.64. The van der Waals surface area contributed by atoms with Crippen LogP contribution in [0, 0.1) is 0 Å². The third-order valence-electron chi connectivity index (χ3n) is 1.49. The lowest BCUT2D eigenvalue weighted by Gasteiger charge is -2.07. The Bertz CT molecular complexity index is 464. The average Bonchev–Trinajstić information content (AvgIpc) is 2.10. The first-order valence-electron chi connectivity index (χ1n) is 3.68. The van der Waals surface area contributed by atoms with E-state index in [4.69, 9.17) is 5.73 Å². The van der Waals surface area contributed by atoms with Crippen molar-refractivity contribution in [2.75, 3.05) is 10.5 Å². The molecule has 0 aliphatic rings. The van der Waals surface area contributed by atoms with Gasteiger partial charge < -0.3 is 5.73 Å². The molecule has 0 radical (unpaired) electrons. The molecule has 84 valence electrons. The molecule has 15 heavy (non-hydrogen) atoms. The van der Waals surface area contributed by atoms with Gasteiger partial charge in [-0.05, 0) is 34.1 Å². The summed E-state index contributed by atoms with van der Waals surface area (Å²) in [6, 6.07) is 4.02. The lowest BCUT2D eigenvalue weighted by atomic mass is 10.3. The molecular weight excluding hydrogens is 294 g/mol. The molecule has 0 saturated carbocycles. The van der Waals surface area contributed by atoms with Crippen LogP contribution in [0.15, 0.2) is 22.7 Å². The third kappa shape index (κ3) is 3.03. The summed E-state index contributed by atoms with van der Waals surface area (Å²) in [5.74, 6) is -3.47. The zero-order chi connectivity index (χ0) is 11.6. The van der Waals surface area contributed by atoms with Crippen molar-refractivity contribution in [3.63, 3.8) is 0 Å². The minimum atomic E-state index is -4.64. The monoisotopic (exact) mass is 300 g/mol. The predicted molar refractivity (Wildman–Crippen MR) is 57.1 cm³/mol. The number of nitrogens with one attached hydrogen (secondary N) is 1. The molecule has 0 unspecified atom stereocenters. The van der Waals surface area contributed by atoms with Gasteiger partial charge in [-0.2, -0.15) is 8.78 Å². The normalized spacial score (nSPS) is 11.7. The van der Waals surface area contributed by atoms with Gasteiger partial charge in [-0.25, -0.2) is 8.42 Å². The van der Waals surface area contributed by atoms with E-state index in [-0.39, 0.29) is 11.4 Å². The van der Waals surface area contributed by atoms with Crippen molar-refractivity contribution in [2.45, 2.75) is 5.76 Å². The molecule has 1 aromatic rings. The van der Waals surface area contributed by atoms with Crippen LogP contribution in [-0.2, 0) is 10.0 Å². The summed E-state index contributed by atoms with van der Waals surface area (Å²) in [6.45, 7) is 0. The summed E-state index contributed by atoms with van der Waals surface area (Å²) in [5.41, 5.74) is 5.70. The molecule has 0 saturated heterocycles. The van der Waals surface area contributed by atoms with E-state index in [2.05, 4.69) is 15.9 Å². The number of nitrogens with two attached hydrogens (primary N) is 1. The molecule has 0 heterocycles. The van der Waals surface area contributed by atoms with E-state index in [1.807, 2.05) is 0 Å². The Kier molecular flexibility index (Phi) is 3.50. The van der Waals surface area contributed by atoms with Crippen molar-refractivity contribution in [1.82, 2.24) is 0 Å². The second kappa shape index (κ2) is 4.31. The van der Waals surface area contributed by atoms with Gasteiger partial charge in [0.1, 0.15) is 0 Å². The molecular formula is C7H7BrF2N2O2S. The van der Waals surface area contributed by atoms with Crippen molar-refractivity contribution in [3.05, 3.63) is 22.7 Å². The fraction of sp³-hybridized carbons (Fsp3) is 0.143. The first-order chi connectivity index (χ1) is 6.83. The second-order valence-electron chi connectivity index (χ2n) is 2.64. The molecule has 0 atom stereocenters. The van der Waals surface area contributed by atoms with Gasteiger partial charge >= 0.3 is 5.76 Å². The van der Waals surface area contributed by atoms with Gasteiger partial charge in [0.15, 0.2) is 0 Å². The van der Waals surface area contributed by atoms with Crippen molar-refractivity contribution < 1.29 is 17.2 Å². The van der Waals surface area contributed by atoms with Gasteiger partial charge in [0.05, 0.1) is 5.69 Å². The smallest absolute Gasteiger partial charge is 0.355 e. The van der Waals surface area contributed by atoms with Gasteiger partial charge in [-0.3, -0.25) is 4.72 Å². The molecule has 0 spiro atoms. The minimum Gasteiger partial charge on any atom is -0.398 e. The number of halogens is 3. The number of rotatable bonds is 3. The van der Waals surface area contributed by atoms with Crippen LogP contribution in [-0.4, -0.2) is 14.2 Å². The molecule has 1 rings (SSSR count). The van der Waals surface area contributed by atoms with E-state index in [1.165, 1.54) is 18.2 Å². The highest BCUT2D eigenvalue weighted by Crippen LogP contribution is 2.24. The Balaban J connectivity index is 2.96. The maximum Gasteiger partial charge on any atom is 0.355 e. The largest absolute Gasteiger partial charge is 0.398 e. The van der Waals surface area contributed by atoms with Crippen molar-refractivity contribution in [3.8, 4) is 0 Å². The number of hydrogen-bond donors (Lipinski definition) is 2. The summed E-state index contributed by atoms with van der Waals surface area (Å²) in [4.78, 5) is 0. The standard InChI is InChI=1S/C7H7BrF2N2O2S/c8-5-2-1-4(3-6(5)11)12-15(13,14)7(9)10/h1-3,7,12H,11H2. The van der Waals surface area contributed by atoms with Gasteiger partial charge in [0.25, 0.3) is 10.0 Å². The molecule has 0 amide bonds. The fourth-order valence-corrected chi connectivity index (χ4v) is 1.61. The van der Waals surface area contributed by atoms with Crippen LogP contribution in [0.2, 0.25) is 0 Å². The van der Waals surface area contributed by atoms with Crippen LogP contribution in [0.4, 0.5) is 20.2 Å². The van der Waals surface area contributed by atoms with Crippen LogP contribution in [0.25, 0.3) is 0 Å². The minimum absolute atomic E-state index is 0.00370. The Morgan fingerprint density at radius 1 is 1.40 bits per heavy atom. The lowest BCUT2D eigenvalue weighted by Crippen LogP contribution is -2.20. The average molecular weight is 301 g/mol. The maximum atomic E-state index is 12.0. The van der Waals surface area contributed by atoms with Gasteiger partial charge in [-0.1, -0.05) is 0 Å². The Morgan fingerprint density at radius 2 is 2.00 bits per heavy atom. The third-order valence-corrected chi connectivity index (χ3v) is 3.20. The van der Waals surface area contributed by atoms with E-state index in [1.54, 1.807) is 4.72 Å².